The van der Waals surface area contributed by atoms with E-state index in [2.05, 4.69) is 25.5 Å². The fourth-order valence-electron chi connectivity index (χ4n) is 3.97. The van der Waals surface area contributed by atoms with Crippen molar-refractivity contribution in [2.45, 2.75) is 25.8 Å². The number of aromatic nitrogens is 2. The lowest BCUT2D eigenvalue weighted by molar-refractivity contribution is -0.126. The summed E-state index contributed by atoms with van der Waals surface area (Å²) >= 11 is 1.52. The monoisotopic (exact) mass is 449 g/mol. The lowest BCUT2D eigenvalue weighted by Crippen LogP contribution is -2.46. The number of nitrogens with one attached hydrogen (secondary N) is 2. The van der Waals surface area contributed by atoms with Gasteiger partial charge in [-0.15, -0.1) is 11.3 Å². The van der Waals surface area contributed by atoms with Crippen molar-refractivity contribution in [3.05, 3.63) is 76.4 Å². The van der Waals surface area contributed by atoms with E-state index in [9.17, 15) is 9.59 Å². The van der Waals surface area contributed by atoms with Crippen LogP contribution in [0, 0.1) is 12.8 Å². The second-order valence-electron chi connectivity index (χ2n) is 8.01. The zero-order valence-corrected chi connectivity index (χ0v) is 18.8. The molecular formula is C24H27N5O2S. The van der Waals surface area contributed by atoms with Crippen LogP contribution in [-0.4, -0.2) is 46.3 Å². The van der Waals surface area contributed by atoms with Gasteiger partial charge in [-0.05, 0) is 44.0 Å². The number of piperidine rings is 1. The van der Waals surface area contributed by atoms with Crippen LogP contribution in [0.25, 0.3) is 0 Å². The third-order valence-corrected chi connectivity index (χ3v) is 6.36. The van der Waals surface area contributed by atoms with Crippen LogP contribution in [0.2, 0.25) is 0 Å². The molecule has 166 valence electrons. The van der Waals surface area contributed by atoms with Crippen LogP contribution in [0.5, 0.6) is 0 Å². The topological polar surface area (TPSA) is 87.2 Å². The Morgan fingerprint density at radius 1 is 1.19 bits per heavy atom. The van der Waals surface area contributed by atoms with Gasteiger partial charge in [0.05, 0.1) is 12.5 Å². The molecule has 32 heavy (non-hydrogen) atoms. The normalized spacial score (nSPS) is 17.5. The summed E-state index contributed by atoms with van der Waals surface area (Å²) in [4.78, 5) is 36.5. The average Bonchev–Trinajstić information content (AvgIpc) is 3.33. The van der Waals surface area contributed by atoms with E-state index in [1.807, 2.05) is 54.8 Å². The average molecular weight is 450 g/mol. The number of pyridine rings is 1. The highest BCUT2D eigenvalue weighted by molar-refractivity contribution is 7.09. The number of likely N-dealkylation sites (tertiary alicyclic amines) is 1. The molecule has 1 fully saturated rings. The number of aryl methyl sites for hydroxylation is 1. The molecule has 4 rings (SSSR count). The summed E-state index contributed by atoms with van der Waals surface area (Å²) < 4.78 is 0. The molecule has 2 unspecified atom stereocenters. The summed E-state index contributed by atoms with van der Waals surface area (Å²) in [5.74, 6) is 0.287. The molecule has 2 aromatic heterocycles. The second kappa shape index (κ2) is 10.5. The van der Waals surface area contributed by atoms with Crippen LogP contribution in [0.15, 0.2) is 60.1 Å². The van der Waals surface area contributed by atoms with Gasteiger partial charge in [0.2, 0.25) is 11.8 Å². The number of carbonyl (C=O) groups is 2. The van der Waals surface area contributed by atoms with Gasteiger partial charge in [0, 0.05) is 23.8 Å². The second-order valence-corrected chi connectivity index (χ2v) is 8.94. The molecule has 1 aromatic carbocycles. The van der Waals surface area contributed by atoms with Gasteiger partial charge < -0.3 is 10.6 Å². The summed E-state index contributed by atoms with van der Waals surface area (Å²) in [5.41, 5.74) is 1.86. The Hall–Kier alpha value is -3.10. The molecule has 8 heteroatoms. The van der Waals surface area contributed by atoms with Crippen molar-refractivity contribution < 1.29 is 9.59 Å². The molecule has 0 saturated carbocycles. The maximum atomic E-state index is 12.9. The Kier molecular flexibility index (Phi) is 7.24. The fourth-order valence-corrected chi connectivity index (χ4v) is 4.69. The molecule has 3 heterocycles. The van der Waals surface area contributed by atoms with Crippen molar-refractivity contribution in [1.82, 2.24) is 20.2 Å². The first-order valence-electron chi connectivity index (χ1n) is 10.8. The lowest BCUT2D eigenvalue weighted by Gasteiger charge is -2.31. The van der Waals surface area contributed by atoms with Crippen molar-refractivity contribution >= 4 is 29.0 Å². The van der Waals surface area contributed by atoms with E-state index >= 15 is 0 Å². The molecule has 0 aliphatic carbocycles. The first kappa shape index (κ1) is 22.1. The maximum Gasteiger partial charge on any atom is 0.235 e. The molecule has 0 bridgehead atoms. The van der Waals surface area contributed by atoms with Gasteiger partial charge in [0.15, 0.2) is 0 Å². The fraction of sp³-hybridized carbons (Fsp3) is 0.333. The Morgan fingerprint density at radius 2 is 2.03 bits per heavy atom. The summed E-state index contributed by atoms with van der Waals surface area (Å²) in [6.07, 6.45) is 3.43. The highest BCUT2D eigenvalue weighted by Crippen LogP contribution is 2.24. The van der Waals surface area contributed by atoms with Crippen LogP contribution in [0.1, 0.15) is 35.1 Å². The molecule has 2 amide bonds. The van der Waals surface area contributed by atoms with E-state index in [-0.39, 0.29) is 30.3 Å². The van der Waals surface area contributed by atoms with Crippen molar-refractivity contribution in [2.24, 2.45) is 5.92 Å². The number of hydrogen-bond donors (Lipinski definition) is 2. The predicted molar refractivity (Wildman–Crippen MR) is 125 cm³/mol. The summed E-state index contributed by atoms with van der Waals surface area (Å²) in [7, 11) is 0. The summed E-state index contributed by atoms with van der Waals surface area (Å²) in [6.45, 7) is 3.50. The largest absolute Gasteiger partial charge is 0.342 e. The molecule has 0 spiro atoms. The third-order valence-electron chi connectivity index (χ3n) is 5.52. The lowest BCUT2D eigenvalue weighted by atomic mass is 9.97. The third kappa shape index (κ3) is 5.77. The Bertz CT molecular complexity index is 1040. The molecule has 2 atom stereocenters. The number of rotatable bonds is 7. The molecule has 1 aliphatic heterocycles. The highest BCUT2D eigenvalue weighted by Gasteiger charge is 2.28. The van der Waals surface area contributed by atoms with Gasteiger partial charge >= 0.3 is 0 Å². The zero-order chi connectivity index (χ0) is 22.3. The SMILES string of the molecule is Cc1cccc(NC(=O)C2CCCN(CC(=O)NC(c3ccccc3)c3nccs3)C2)n1. The molecule has 0 radical (unpaired) electrons. The van der Waals surface area contributed by atoms with E-state index in [1.54, 1.807) is 12.3 Å². The van der Waals surface area contributed by atoms with Gasteiger partial charge in [-0.2, -0.15) is 0 Å². The maximum absolute atomic E-state index is 12.9. The minimum Gasteiger partial charge on any atom is -0.342 e. The number of amides is 2. The van der Waals surface area contributed by atoms with E-state index in [0.717, 1.165) is 35.7 Å². The van der Waals surface area contributed by atoms with Gasteiger partial charge in [-0.1, -0.05) is 36.4 Å². The number of carbonyl (C=O) groups excluding carboxylic acids is 2. The summed E-state index contributed by atoms with van der Waals surface area (Å²) in [5, 5.41) is 8.81. The molecule has 7 nitrogen and oxygen atoms in total. The van der Waals surface area contributed by atoms with Crippen LogP contribution >= 0.6 is 11.3 Å². The van der Waals surface area contributed by atoms with Gasteiger partial charge in [0.1, 0.15) is 16.9 Å². The van der Waals surface area contributed by atoms with Crippen LogP contribution in [-0.2, 0) is 9.59 Å². The van der Waals surface area contributed by atoms with Crippen LogP contribution < -0.4 is 10.6 Å². The first-order valence-corrected chi connectivity index (χ1v) is 11.7. The number of benzene rings is 1. The highest BCUT2D eigenvalue weighted by atomic mass is 32.1. The summed E-state index contributed by atoms with van der Waals surface area (Å²) in [6, 6.07) is 15.1. The minimum absolute atomic E-state index is 0.0434. The first-order chi connectivity index (χ1) is 15.6. The van der Waals surface area contributed by atoms with E-state index in [0.29, 0.717) is 12.4 Å². The molecule has 1 aliphatic rings. The quantitative estimate of drug-likeness (QED) is 0.577. The molecule has 3 aromatic rings. The van der Waals surface area contributed by atoms with Crippen molar-refractivity contribution in [2.75, 3.05) is 25.0 Å². The van der Waals surface area contributed by atoms with Crippen LogP contribution in [0.3, 0.4) is 0 Å². The number of hydrogen-bond acceptors (Lipinski definition) is 6. The van der Waals surface area contributed by atoms with E-state index in [4.69, 9.17) is 0 Å². The van der Waals surface area contributed by atoms with E-state index in [1.165, 1.54) is 11.3 Å². The Morgan fingerprint density at radius 3 is 2.78 bits per heavy atom. The van der Waals surface area contributed by atoms with Gasteiger partial charge in [-0.3, -0.25) is 14.5 Å². The zero-order valence-electron chi connectivity index (χ0n) is 18.0. The Labute approximate surface area is 191 Å². The number of anilines is 1. The minimum atomic E-state index is -0.278. The van der Waals surface area contributed by atoms with Crippen molar-refractivity contribution in [1.29, 1.82) is 0 Å². The van der Waals surface area contributed by atoms with Gasteiger partial charge in [0.25, 0.3) is 0 Å². The van der Waals surface area contributed by atoms with Crippen LogP contribution in [0.4, 0.5) is 5.82 Å². The van der Waals surface area contributed by atoms with Crippen molar-refractivity contribution in [3.63, 3.8) is 0 Å². The van der Waals surface area contributed by atoms with Crippen molar-refractivity contribution in [3.8, 4) is 0 Å². The smallest absolute Gasteiger partial charge is 0.235 e. The number of nitrogens with zero attached hydrogens (tertiary/aromatic N) is 3. The molecule has 2 N–H and O–H groups in total. The van der Waals surface area contributed by atoms with Gasteiger partial charge in [-0.25, -0.2) is 9.97 Å². The molecular weight excluding hydrogens is 422 g/mol. The Balaban J connectivity index is 1.35. The number of thiazole rings is 1. The molecule has 1 saturated heterocycles. The standard InChI is InChI=1S/C24H27N5O2S/c1-17-7-5-11-20(26-17)27-23(31)19-10-6-13-29(15-19)16-21(30)28-22(24-25-12-14-32-24)18-8-3-2-4-9-18/h2-5,7-9,11-12,14,19,22H,6,10,13,15-16H2,1H3,(H,28,30)(H,26,27,31). The van der Waals surface area contributed by atoms with E-state index < -0.39 is 0 Å². The predicted octanol–water partition coefficient (Wildman–Crippen LogP) is 3.40.